The molecular formula is C22H21ClFNO2. The molecule has 1 saturated heterocycles. The maximum Gasteiger partial charge on any atom is 0.410 e. The monoisotopic (exact) mass is 385 g/mol. The van der Waals surface area contributed by atoms with Gasteiger partial charge in [0, 0.05) is 11.6 Å². The molecule has 2 aromatic rings. The van der Waals surface area contributed by atoms with E-state index in [0.717, 1.165) is 30.4 Å². The molecule has 2 aliphatic heterocycles. The maximum atomic E-state index is 14.3. The van der Waals surface area contributed by atoms with E-state index < -0.39 is 0 Å². The number of hydrogen-bond donors (Lipinski definition) is 0. The van der Waals surface area contributed by atoms with Crippen molar-refractivity contribution in [3.05, 3.63) is 76.6 Å². The molecule has 2 bridgehead atoms. The van der Waals surface area contributed by atoms with Crippen molar-refractivity contribution in [1.82, 2.24) is 4.90 Å². The lowest BCUT2D eigenvalue weighted by molar-refractivity contribution is 0.0510. The van der Waals surface area contributed by atoms with Crippen LogP contribution in [0.1, 0.15) is 36.8 Å². The number of nitrogens with zero attached hydrogens (tertiary/aromatic N) is 1. The van der Waals surface area contributed by atoms with Gasteiger partial charge in [0.2, 0.25) is 0 Å². The Labute approximate surface area is 163 Å². The summed E-state index contributed by atoms with van der Waals surface area (Å²) >= 11 is 6.25. The minimum atomic E-state index is -0.313. The Morgan fingerprint density at radius 3 is 2.70 bits per heavy atom. The van der Waals surface area contributed by atoms with Crippen LogP contribution in [-0.4, -0.2) is 23.1 Å². The number of fused-ring (bicyclic) bond motifs is 2. The van der Waals surface area contributed by atoms with Gasteiger partial charge >= 0.3 is 6.09 Å². The number of halogens is 2. The standard InChI is InChI=1S/C22H21ClFNO2/c23-19-10-5-11-20(24)21(19)16-12-17-8-4-9-18(13-16)25(17)22(26)27-14-15-6-2-1-3-7-15/h1-3,5-7,10-12,17-18H,4,8-9,13-14H2. The molecule has 1 amide bonds. The number of benzene rings is 2. The van der Waals surface area contributed by atoms with Gasteiger partial charge in [0.15, 0.2) is 0 Å². The number of carbonyl (C=O) groups is 1. The third kappa shape index (κ3) is 3.72. The van der Waals surface area contributed by atoms with Crippen LogP contribution in [-0.2, 0) is 11.3 Å². The zero-order chi connectivity index (χ0) is 18.8. The quantitative estimate of drug-likeness (QED) is 0.665. The number of piperidine rings is 1. The smallest absolute Gasteiger partial charge is 0.410 e. The van der Waals surface area contributed by atoms with E-state index in [9.17, 15) is 9.18 Å². The first-order valence-electron chi connectivity index (χ1n) is 9.27. The summed E-state index contributed by atoms with van der Waals surface area (Å²) in [4.78, 5) is 14.6. The lowest BCUT2D eigenvalue weighted by atomic mass is 9.83. The van der Waals surface area contributed by atoms with Crippen LogP contribution in [0.15, 0.2) is 54.6 Å². The topological polar surface area (TPSA) is 29.5 Å². The summed E-state index contributed by atoms with van der Waals surface area (Å²) in [6.07, 6.45) is 5.07. The highest BCUT2D eigenvalue weighted by atomic mass is 35.5. The molecule has 1 fully saturated rings. The van der Waals surface area contributed by atoms with Gasteiger partial charge in [-0.25, -0.2) is 9.18 Å². The second-order valence-electron chi connectivity index (χ2n) is 7.09. The van der Waals surface area contributed by atoms with E-state index in [1.807, 2.05) is 41.3 Å². The van der Waals surface area contributed by atoms with Crippen molar-refractivity contribution >= 4 is 23.3 Å². The van der Waals surface area contributed by atoms with Crippen LogP contribution < -0.4 is 0 Å². The van der Waals surface area contributed by atoms with Gasteiger partial charge in [-0.3, -0.25) is 4.90 Å². The first-order chi connectivity index (χ1) is 13.1. The zero-order valence-electron chi connectivity index (χ0n) is 14.9. The van der Waals surface area contributed by atoms with Crippen molar-refractivity contribution in [2.45, 2.75) is 44.4 Å². The van der Waals surface area contributed by atoms with Crippen molar-refractivity contribution < 1.29 is 13.9 Å². The summed E-state index contributed by atoms with van der Waals surface area (Å²) in [7, 11) is 0. The van der Waals surface area contributed by atoms with Gasteiger partial charge in [-0.05, 0) is 49.0 Å². The fourth-order valence-electron chi connectivity index (χ4n) is 4.10. The van der Waals surface area contributed by atoms with E-state index in [1.165, 1.54) is 6.07 Å². The summed E-state index contributed by atoms with van der Waals surface area (Å²) < 4.78 is 19.9. The predicted octanol–water partition coefficient (Wildman–Crippen LogP) is 5.83. The van der Waals surface area contributed by atoms with Gasteiger partial charge in [0.1, 0.15) is 12.4 Å². The molecule has 5 heteroatoms. The molecule has 4 rings (SSSR count). The summed E-state index contributed by atoms with van der Waals surface area (Å²) in [5.74, 6) is -0.313. The average Bonchev–Trinajstić information content (AvgIpc) is 2.66. The fourth-order valence-corrected chi connectivity index (χ4v) is 4.38. The second-order valence-corrected chi connectivity index (χ2v) is 7.50. The minimum absolute atomic E-state index is 0.0164. The Morgan fingerprint density at radius 1 is 1.15 bits per heavy atom. The van der Waals surface area contributed by atoms with Crippen molar-refractivity contribution in [2.24, 2.45) is 0 Å². The fraction of sp³-hybridized carbons (Fsp3) is 0.318. The van der Waals surface area contributed by atoms with Crippen molar-refractivity contribution in [3.8, 4) is 0 Å². The number of ether oxygens (including phenoxy) is 1. The van der Waals surface area contributed by atoms with Crippen molar-refractivity contribution in [3.63, 3.8) is 0 Å². The molecule has 140 valence electrons. The van der Waals surface area contributed by atoms with Crippen LogP contribution in [0.3, 0.4) is 0 Å². The molecule has 0 N–H and O–H groups in total. The lowest BCUT2D eigenvalue weighted by Crippen LogP contribution is -2.51. The number of rotatable bonds is 3. The first-order valence-corrected chi connectivity index (χ1v) is 9.65. The molecule has 3 nitrogen and oxygen atoms in total. The number of amides is 1. The molecule has 2 aliphatic rings. The van der Waals surface area contributed by atoms with E-state index >= 15 is 0 Å². The summed E-state index contributed by atoms with van der Waals surface area (Å²) in [6, 6.07) is 14.3. The van der Waals surface area contributed by atoms with Crippen molar-refractivity contribution in [2.75, 3.05) is 0 Å². The molecule has 0 aliphatic carbocycles. The van der Waals surface area contributed by atoms with E-state index in [0.29, 0.717) is 17.0 Å². The van der Waals surface area contributed by atoms with Gasteiger partial charge in [-0.2, -0.15) is 0 Å². The zero-order valence-corrected chi connectivity index (χ0v) is 15.7. The third-order valence-electron chi connectivity index (χ3n) is 5.34. The Morgan fingerprint density at radius 2 is 1.96 bits per heavy atom. The predicted molar refractivity (Wildman–Crippen MR) is 104 cm³/mol. The minimum Gasteiger partial charge on any atom is -0.445 e. The second kappa shape index (κ2) is 7.73. The first kappa shape index (κ1) is 18.1. The van der Waals surface area contributed by atoms with Crippen LogP contribution >= 0.6 is 11.6 Å². The SMILES string of the molecule is O=C(OCc1ccccc1)N1C2C=C(c3c(F)cccc3Cl)CC1CCC2. The molecule has 2 atom stereocenters. The Hall–Kier alpha value is -2.33. The molecule has 0 saturated carbocycles. The maximum absolute atomic E-state index is 14.3. The molecule has 0 spiro atoms. The average molecular weight is 386 g/mol. The van der Waals surface area contributed by atoms with Gasteiger partial charge < -0.3 is 4.74 Å². The lowest BCUT2D eigenvalue weighted by Gasteiger charge is -2.44. The summed E-state index contributed by atoms with van der Waals surface area (Å²) in [6.45, 7) is 0.255. The van der Waals surface area contributed by atoms with Crippen LogP contribution in [0.4, 0.5) is 9.18 Å². The summed E-state index contributed by atoms with van der Waals surface area (Å²) in [5.41, 5.74) is 2.32. The van der Waals surface area contributed by atoms with Crippen LogP contribution in [0.5, 0.6) is 0 Å². The number of carbonyl (C=O) groups excluding carboxylic acids is 1. The largest absolute Gasteiger partial charge is 0.445 e. The highest BCUT2D eigenvalue weighted by molar-refractivity contribution is 6.32. The van der Waals surface area contributed by atoms with E-state index in [4.69, 9.17) is 16.3 Å². The van der Waals surface area contributed by atoms with E-state index in [-0.39, 0.29) is 30.6 Å². The van der Waals surface area contributed by atoms with Gasteiger partial charge in [0.25, 0.3) is 0 Å². The molecule has 27 heavy (non-hydrogen) atoms. The molecule has 0 aromatic heterocycles. The molecule has 2 heterocycles. The van der Waals surface area contributed by atoms with Crippen molar-refractivity contribution in [1.29, 1.82) is 0 Å². The highest BCUT2D eigenvalue weighted by Gasteiger charge is 2.38. The van der Waals surface area contributed by atoms with Crippen LogP contribution in [0, 0.1) is 5.82 Å². The Balaban J connectivity index is 1.54. The van der Waals surface area contributed by atoms with E-state index in [1.54, 1.807) is 12.1 Å². The third-order valence-corrected chi connectivity index (χ3v) is 5.65. The van der Waals surface area contributed by atoms with E-state index in [2.05, 4.69) is 0 Å². The molecule has 2 unspecified atom stereocenters. The number of hydrogen-bond acceptors (Lipinski definition) is 2. The Kier molecular flexibility index (Phi) is 5.17. The normalized spacial score (nSPS) is 21.6. The summed E-state index contributed by atoms with van der Waals surface area (Å²) in [5, 5.41) is 0.416. The van der Waals surface area contributed by atoms with Crippen LogP contribution in [0.25, 0.3) is 5.57 Å². The molecular weight excluding hydrogens is 365 g/mol. The molecule has 0 radical (unpaired) electrons. The van der Waals surface area contributed by atoms with Gasteiger partial charge in [-0.15, -0.1) is 0 Å². The Bertz CT molecular complexity index is 848. The van der Waals surface area contributed by atoms with Crippen LogP contribution in [0.2, 0.25) is 5.02 Å². The van der Waals surface area contributed by atoms with Gasteiger partial charge in [0.05, 0.1) is 11.1 Å². The molecule has 2 aromatic carbocycles. The highest BCUT2D eigenvalue weighted by Crippen LogP contribution is 2.40. The van der Waals surface area contributed by atoms with Gasteiger partial charge in [-0.1, -0.05) is 54.1 Å².